The molecule has 0 aliphatic carbocycles. The van der Waals surface area contributed by atoms with Crippen molar-refractivity contribution in [3.05, 3.63) is 24.0 Å². The Morgan fingerprint density at radius 3 is 2.93 bits per heavy atom. The molecule has 0 saturated heterocycles. The quantitative estimate of drug-likeness (QED) is 0.782. The molecule has 0 radical (unpaired) electrons. The van der Waals surface area contributed by atoms with Crippen LogP contribution in [0.2, 0.25) is 0 Å². The SMILES string of the molecule is N#Cc1cc(NCC(O)C(F)F)ccn1. The number of halogens is 2. The molecule has 6 heteroatoms. The van der Waals surface area contributed by atoms with E-state index < -0.39 is 12.5 Å². The zero-order valence-corrected chi connectivity index (χ0v) is 7.69. The maximum absolute atomic E-state index is 11.9. The number of aliphatic hydroxyl groups is 1. The molecule has 0 bridgehead atoms. The minimum Gasteiger partial charge on any atom is -0.385 e. The summed E-state index contributed by atoms with van der Waals surface area (Å²) in [6.45, 7) is -0.271. The molecule has 0 aromatic carbocycles. The van der Waals surface area contributed by atoms with Crippen molar-refractivity contribution in [2.75, 3.05) is 11.9 Å². The third-order valence-electron chi connectivity index (χ3n) is 1.68. The number of alkyl halides is 2. The van der Waals surface area contributed by atoms with Gasteiger partial charge in [-0.1, -0.05) is 0 Å². The average Bonchev–Trinajstić information content (AvgIpc) is 2.26. The molecule has 0 saturated carbocycles. The predicted octanol–water partition coefficient (Wildman–Crippen LogP) is 0.991. The molecule has 0 amide bonds. The second-order valence-electron chi connectivity index (χ2n) is 2.82. The Labute approximate surface area is 85.2 Å². The summed E-state index contributed by atoms with van der Waals surface area (Å²) in [6, 6.07) is 4.76. The minimum atomic E-state index is -2.78. The average molecular weight is 213 g/mol. The van der Waals surface area contributed by atoms with Crippen molar-refractivity contribution in [1.82, 2.24) is 4.98 Å². The van der Waals surface area contributed by atoms with Gasteiger partial charge in [-0.3, -0.25) is 0 Å². The zero-order valence-electron chi connectivity index (χ0n) is 7.69. The van der Waals surface area contributed by atoms with Gasteiger partial charge in [0.25, 0.3) is 6.43 Å². The first-order valence-corrected chi connectivity index (χ1v) is 4.19. The van der Waals surface area contributed by atoms with E-state index in [0.29, 0.717) is 5.69 Å². The fourth-order valence-electron chi connectivity index (χ4n) is 0.913. The van der Waals surface area contributed by atoms with Crippen molar-refractivity contribution in [1.29, 1.82) is 5.26 Å². The van der Waals surface area contributed by atoms with E-state index in [9.17, 15) is 8.78 Å². The number of anilines is 1. The van der Waals surface area contributed by atoms with Crippen LogP contribution in [0.15, 0.2) is 18.3 Å². The van der Waals surface area contributed by atoms with E-state index in [1.165, 1.54) is 18.3 Å². The van der Waals surface area contributed by atoms with Crippen LogP contribution in [0, 0.1) is 11.3 Å². The second-order valence-corrected chi connectivity index (χ2v) is 2.82. The summed E-state index contributed by atoms with van der Waals surface area (Å²) in [7, 11) is 0. The Balaban J connectivity index is 2.55. The van der Waals surface area contributed by atoms with Gasteiger partial charge in [-0.2, -0.15) is 5.26 Å². The van der Waals surface area contributed by atoms with Gasteiger partial charge in [0.2, 0.25) is 0 Å². The number of nitrogens with one attached hydrogen (secondary N) is 1. The van der Waals surface area contributed by atoms with Crippen molar-refractivity contribution in [2.24, 2.45) is 0 Å². The summed E-state index contributed by atoms with van der Waals surface area (Å²) in [4.78, 5) is 3.71. The standard InChI is InChI=1S/C9H9F2N3O/c10-9(11)8(15)5-14-6-1-2-13-7(3-6)4-12/h1-3,8-9,15H,5H2,(H,13,14). The van der Waals surface area contributed by atoms with Crippen molar-refractivity contribution in [2.45, 2.75) is 12.5 Å². The molecular weight excluding hydrogens is 204 g/mol. The number of hydrogen-bond acceptors (Lipinski definition) is 4. The Kier molecular flexibility index (Phi) is 3.94. The van der Waals surface area contributed by atoms with Crippen molar-refractivity contribution in [3.63, 3.8) is 0 Å². The van der Waals surface area contributed by atoms with Gasteiger partial charge in [-0.25, -0.2) is 13.8 Å². The molecule has 15 heavy (non-hydrogen) atoms. The van der Waals surface area contributed by atoms with E-state index in [2.05, 4.69) is 10.3 Å². The molecule has 0 fully saturated rings. The molecule has 2 N–H and O–H groups in total. The van der Waals surface area contributed by atoms with E-state index in [-0.39, 0.29) is 12.2 Å². The van der Waals surface area contributed by atoms with Crippen LogP contribution in [0.25, 0.3) is 0 Å². The maximum Gasteiger partial charge on any atom is 0.265 e. The highest BCUT2D eigenvalue weighted by Gasteiger charge is 2.15. The van der Waals surface area contributed by atoms with Crippen molar-refractivity contribution < 1.29 is 13.9 Å². The normalized spacial score (nSPS) is 12.2. The monoisotopic (exact) mass is 213 g/mol. The van der Waals surface area contributed by atoms with Gasteiger partial charge in [-0.15, -0.1) is 0 Å². The van der Waals surface area contributed by atoms with Crippen LogP contribution in [-0.4, -0.2) is 29.2 Å². The van der Waals surface area contributed by atoms with Crippen LogP contribution >= 0.6 is 0 Å². The van der Waals surface area contributed by atoms with E-state index in [1.807, 2.05) is 6.07 Å². The van der Waals surface area contributed by atoms with Gasteiger partial charge < -0.3 is 10.4 Å². The second kappa shape index (κ2) is 5.22. The fourth-order valence-corrected chi connectivity index (χ4v) is 0.913. The van der Waals surface area contributed by atoms with Crippen LogP contribution in [0.5, 0.6) is 0 Å². The number of pyridine rings is 1. The molecule has 0 spiro atoms. The first kappa shape index (κ1) is 11.3. The number of rotatable bonds is 4. The summed E-state index contributed by atoms with van der Waals surface area (Å²) in [5.74, 6) is 0. The van der Waals surface area contributed by atoms with E-state index >= 15 is 0 Å². The third kappa shape index (κ3) is 3.48. The molecule has 4 nitrogen and oxygen atoms in total. The maximum atomic E-state index is 11.9. The van der Waals surface area contributed by atoms with Crippen molar-refractivity contribution >= 4 is 5.69 Å². The first-order chi connectivity index (χ1) is 7.13. The van der Waals surface area contributed by atoms with Gasteiger partial charge in [0.05, 0.1) is 0 Å². The molecule has 1 heterocycles. The molecule has 0 aliphatic rings. The van der Waals surface area contributed by atoms with E-state index in [1.54, 1.807) is 0 Å². The Morgan fingerprint density at radius 1 is 1.60 bits per heavy atom. The number of aromatic nitrogens is 1. The van der Waals surface area contributed by atoms with Crippen LogP contribution in [0.3, 0.4) is 0 Å². The van der Waals surface area contributed by atoms with Crippen LogP contribution in [0.4, 0.5) is 14.5 Å². The van der Waals surface area contributed by atoms with E-state index in [4.69, 9.17) is 10.4 Å². The summed E-state index contributed by atoms with van der Waals surface area (Å²) < 4.78 is 23.8. The largest absolute Gasteiger partial charge is 0.385 e. The number of hydrogen-bond donors (Lipinski definition) is 2. The lowest BCUT2D eigenvalue weighted by atomic mass is 10.3. The minimum absolute atomic E-state index is 0.187. The lowest BCUT2D eigenvalue weighted by molar-refractivity contribution is 0.00384. The summed E-state index contributed by atoms with van der Waals surface area (Å²) in [6.07, 6.45) is -3.12. The molecule has 1 atom stereocenters. The van der Waals surface area contributed by atoms with Crippen molar-refractivity contribution in [3.8, 4) is 6.07 Å². The molecule has 1 rings (SSSR count). The summed E-state index contributed by atoms with van der Waals surface area (Å²) in [5.41, 5.74) is 0.660. The fraction of sp³-hybridized carbons (Fsp3) is 0.333. The highest BCUT2D eigenvalue weighted by atomic mass is 19.3. The lowest BCUT2D eigenvalue weighted by Gasteiger charge is -2.11. The van der Waals surface area contributed by atoms with Crippen LogP contribution < -0.4 is 5.32 Å². The summed E-state index contributed by atoms with van der Waals surface area (Å²) in [5, 5.41) is 19.9. The number of nitriles is 1. The Hall–Kier alpha value is -1.74. The molecule has 1 aromatic heterocycles. The van der Waals surface area contributed by atoms with Crippen LogP contribution in [-0.2, 0) is 0 Å². The zero-order chi connectivity index (χ0) is 11.3. The number of aliphatic hydroxyl groups excluding tert-OH is 1. The van der Waals surface area contributed by atoms with Gasteiger partial charge in [0, 0.05) is 18.4 Å². The molecule has 80 valence electrons. The molecule has 1 unspecified atom stereocenters. The Morgan fingerprint density at radius 2 is 2.33 bits per heavy atom. The van der Waals surface area contributed by atoms with Gasteiger partial charge in [-0.05, 0) is 12.1 Å². The Bertz CT molecular complexity index is 365. The highest BCUT2D eigenvalue weighted by molar-refractivity contribution is 5.45. The first-order valence-electron chi connectivity index (χ1n) is 4.19. The number of nitrogens with zero attached hydrogens (tertiary/aromatic N) is 2. The van der Waals surface area contributed by atoms with Gasteiger partial charge in [0.15, 0.2) is 0 Å². The van der Waals surface area contributed by atoms with Gasteiger partial charge in [0.1, 0.15) is 17.9 Å². The third-order valence-corrected chi connectivity index (χ3v) is 1.68. The highest BCUT2D eigenvalue weighted by Crippen LogP contribution is 2.08. The summed E-state index contributed by atoms with van der Waals surface area (Å²) >= 11 is 0. The van der Waals surface area contributed by atoms with Crippen LogP contribution in [0.1, 0.15) is 5.69 Å². The van der Waals surface area contributed by atoms with E-state index in [0.717, 1.165) is 0 Å². The predicted molar refractivity (Wildman–Crippen MR) is 49.5 cm³/mol. The molecule has 1 aromatic rings. The van der Waals surface area contributed by atoms with Gasteiger partial charge >= 0.3 is 0 Å². The lowest BCUT2D eigenvalue weighted by Crippen LogP contribution is -2.26. The topological polar surface area (TPSA) is 68.9 Å². The molecular formula is C9H9F2N3O. The smallest absolute Gasteiger partial charge is 0.265 e. The molecule has 0 aliphatic heterocycles.